The van der Waals surface area contributed by atoms with Crippen molar-refractivity contribution in [3.63, 3.8) is 0 Å². The van der Waals surface area contributed by atoms with Gasteiger partial charge in [-0.25, -0.2) is 4.98 Å². The van der Waals surface area contributed by atoms with Crippen LogP contribution in [0.5, 0.6) is 0 Å². The van der Waals surface area contributed by atoms with Crippen LogP contribution >= 0.6 is 0 Å². The lowest BCUT2D eigenvalue weighted by atomic mass is 10.0. The maximum Gasteiger partial charge on any atom is 0.128 e. The maximum absolute atomic E-state index is 8.93. The zero-order chi connectivity index (χ0) is 15.2. The Morgan fingerprint density at radius 1 is 0.955 bits per heavy atom. The Kier molecular flexibility index (Phi) is 4.67. The van der Waals surface area contributed by atoms with Crippen molar-refractivity contribution < 1.29 is 0 Å². The van der Waals surface area contributed by atoms with Gasteiger partial charge in [-0.15, -0.1) is 0 Å². The van der Waals surface area contributed by atoms with Crippen LogP contribution in [0.25, 0.3) is 0 Å². The number of hydrogen-bond donors (Lipinski definition) is 0. The molecule has 0 spiro atoms. The molecule has 22 heavy (non-hydrogen) atoms. The fourth-order valence-corrected chi connectivity index (χ4v) is 2.89. The molecule has 0 saturated carbocycles. The van der Waals surface area contributed by atoms with Gasteiger partial charge in [0.25, 0.3) is 0 Å². The molecule has 0 atom stereocenters. The largest absolute Gasteiger partial charge is 0.354 e. The van der Waals surface area contributed by atoms with Crippen LogP contribution in [0.15, 0.2) is 48.7 Å². The SMILES string of the molecule is N#CCc1ccccc1CN1CCN(c2ccccn2)CC1. The summed E-state index contributed by atoms with van der Waals surface area (Å²) in [6.45, 7) is 4.97. The molecule has 1 aromatic carbocycles. The summed E-state index contributed by atoms with van der Waals surface area (Å²) >= 11 is 0. The lowest BCUT2D eigenvalue weighted by Gasteiger charge is -2.35. The van der Waals surface area contributed by atoms with Crippen molar-refractivity contribution in [2.24, 2.45) is 0 Å². The highest BCUT2D eigenvalue weighted by Crippen LogP contribution is 2.16. The Morgan fingerprint density at radius 2 is 1.68 bits per heavy atom. The average molecular weight is 292 g/mol. The Bertz CT molecular complexity index is 640. The van der Waals surface area contributed by atoms with Gasteiger partial charge in [-0.1, -0.05) is 30.3 Å². The van der Waals surface area contributed by atoms with E-state index in [9.17, 15) is 0 Å². The van der Waals surface area contributed by atoms with Gasteiger partial charge in [-0.05, 0) is 23.3 Å². The lowest BCUT2D eigenvalue weighted by molar-refractivity contribution is 0.249. The molecule has 2 aromatic rings. The average Bonchev–Trinajstić information content (AvgIpc) is 2.58. The first-order valence-corrected chi connectivity index (χ1v) is 7.69. The third-order valence-corrected chi connectivity index (χ3v) is 4.13. The van der Waals surface area contributed by atoms with E-state index in [0.29, 0.717) is 6.42 Å². The number of anilines is 1. The molecule has 0 aliphatic carbocycles. The lowest BCUT2D eigenvalue weighted by Crippen LogP contribution is -2.46. The molecule has 1 aliphatic heterocycles. The minimum Gasteiger partial charge on any atom is -0.354 e. The number of rotatable bonds is 4. The minimum absolute atomic E-state index is 0.490. The third-order valence-electron chi connectivity index (χ3n) is 4.13. The molecule has 0 bridgehead atoms. The van der Waals surface area contributed by atoms with Crippen molar-refractivity contribution in [1.82, 2.24) is 9.88 Å². The monoisotopic (exact) mass is 292 g/mol. The van der Waals surface area contributed by atoms with Crippen molar-refractivity contribution >= 4 is 5.82 Å². The molecule has 1 aromatic heterocycles. The van der Waals surface area contributed by atoms with Crippen LogP contribution in [0.4, 0.5) is 5.82 Å². The highest BCUT2D eigenvalue weighted by molar-refractivity contribution is 5.38. The first kappa shape index (κ1) is 14.6. The zero-order valence-corrected chi connectivity index (χ0v) is 12.7. The molecule has 0 radical (unpaired) electrons. The van der Waals surface area contributed by atoms with Crippen LogP contribution in [-0.2, 0) is 13.0 Å². The smallest absolute Gasteiger partial charge is 0.128 e. The van der Waals surface area contributed by atoms with E-state index in [0.717, 1.165) is 44.1 Å². The molecule has 1 aliphatic rings. The van der Waals surface area contributed by atoms with Crippen molar-refractivity contribution in [3.8, 4) is 6.07 Å². The second-order valence-electron chi connectivity index (χ2n) is 5.55. The molecule has 0 amide bonds. The van der Waals surface area contributed by atoms with Crippen molar-refractivity contribution in [2.45, 2.75) is 13.0 Å². The number of nitriles is 1. The number of aromatic nitrogens is 1. The van der Waals surface area contributed by atoms with Crippen LogP contribution in [0, 0.1) is 11.3 Å². The fraction of sp³-hybridized carbons (Fsp3) is 0.333. The van der Waals surface area contributed by atoms with Gasteiger partial charge in [0, 0.05) is 38.9 Å². The second-order valence-corrected chi connectivity index (χ2v) is 5.55. The van der Waals surface area contributed by atoms with E-state index in [1.165, 1.54) is 5.56 Å². The highest BCUT2D eigenvalue weighted by atomic mass is 15.3. The molecule has 3 rings (SSSR count). The van der Waals surface area contributed by atoms with Gasteiger partial charge in [-0.2, -0.15) is 5.26 Å². The molecule has 1 fully saturated rings. The van der Waals surface area contributed by atoms with Crippen molar-refractivity contribution in [1.29, 1.82) is 5.26 Å². The molecular formula is C18H20N4. The Balaban J connectivity index is 1.60. The van der Waals surface area contributed by atoms with Gasteiger partial charge in [0.1, 0.15) is 5.82 Å². The normalized spacial score (nSPS) is 15.5. The molecular weight excluding hydrogens is 272 g/mol. The summed E-state index contributed by atoms with van der Waals surface area (Å²) in [5.74, 6) is 1.06. The van der Waals surface area contributed by atoms with E-state index in [2.05, 4.69) is 45.1 Å². The van der Waals surface area contributed by atoms with Crippen LogP contribution in [0.3, 0.4) is 0 Å². The standard InChI is InChI=1S/C18H20N4/c19-9-8-16-5-1-2-6-17(16)15-21-11-13-22(14-12-21)18-7-3-4-10-20-18/h1-7,10H,8,11-15H2. The van der Waals surface area contributed by atoms with E-state index in [-0.39, 0.29) is 0 Å². The summed E-state index contributed by atoms with van der Waals surface area (Å²) in [5.41, 5.74) is 2.42. The van der Waals surface area contributed by atoms with Gasteiger partial charge in [0.15, 0.2) is 0 Å². The van der Waals surface area contributed by atoms with Gasteiger partial charge >= 0.3 is 0 Å². The van der Waals surface area contributed by atoms with Gasteiger partial charge in [0.2, 0.25) is 0 Å². The van der Waals surface area contributed by atoms with E-state index in [1.807, 2.05) is 24.4 Å². The summed E-state index contributed by atoms with van der Waals surface area (Å²) in [7, 11) is 0. The quantitative estimate of drug-likeness (QED) is 0.868. The van der Waals surface area contributed by atoms with Crippen molar-refractivity contribution in [2.75, 3.05) is 31.1 Å². The minimum atomic E-state index is 0.490. The van der Waals surface area contributed by atoms with Crippen LogP contribution < -0.4 is 4.90 Å². The molecule has 4 nitrogen and oxygen atoms in total. The van der Waals surface area contributed by atoms with Crippen LogP contribution in [0.1, 0.15) is 11.1 Å². The maximum atomic E-state index is 8.93. The number of hydrogen-bond acceptors (Lipinski definition) is 4. The Hall–Kier alpha value is -2.38. The molecule has 112 valence electrons. The summed E-state index contributed by atoms with van der Waals surface area (Å²) in [5, 5.41) is 8.93. The molecule has 1 saturated heterocycles. The Labute approximate surface area is 131 Å². The summed E-state index contributed by atoms with van der Waals surface area (Å²) in [4.78, 5) is 9.21. The number of pyridine rings is 1. The first-order valence-electron chi connectivity index (χ1n) is 7.69. The predicted molar refractivity (Wildman–Crippen MR) is 87.5 cm³/mol. The Morgan fingerprint density at radius 3 is 2.36 bits per heavy atom. The first-order chi connectivity index (χ1) is 10.9. The van der Waals surface area contributed by atoms with E-state index >= 15 is 0 Å². The third kappa shape index (κ3) is 3.44. The molecule has 0 N–H and O–H groups in total. The van der Waals surface area contributed by atoms with Gasteiger partial charge < -0.3 is 4.90 Å². The number of benzene rings is 1. The summed E-state index contributed by atoms with van der Waals surface area (Å²) in [6.07, 6.45) is 2.34. The fourth-order valence-electron chi connectivity index (χ4n) is 2.89. The van der Waals surface area contributed by atoms with Crippen LogP contribution in [0.2, 0.25) is 0 Å². The van der Waals surface area contributed by atoms with E-state index in [1.54, 1.807) is 0 Å². The number of piperazine rings is 1. The molecule has 4 heteroatoms. The van der Waals surface area contributed by atoms with Gasteiger partial charge in [0.05, 0.1) is 12.5 Å². The summed E-state index contributed by atoms with van der Waals surface area (Å²) < 4.78 is 0. The summed E-state index contributed by atoms with van der Waals surface area (Å²) in [6, 6.07) is 16.6. The number of nitrogens with zero attached hydrogens (tertiary/aromatic N) is 4. The van der Waals surface area contributed by atoms with Crippen LogP contribution in [-0.4, -0.2) is 36.1 Å². The topological polar surface area (TPSA) is 43.2 Å². The van der Waals surface area contributed by atoms with Crippen molar-refractivity contribution in [3.05, 3.63) is 59.8 Å². The van der Waals surface area contributed by atoms with Gasteiger partial charge in [-0.3, -0.25) is 4.90 Å². The van der Waals surface area contributed by atoms with E-state index in [4.69, 9.17) is 5.26 Å². The molecule has 2 heterocycles. The zero-order valence-electron chi connectivity index (χ0n) is 12.7. The molecule has 0 unspecified atom stereocenters. The second kappa shape index (κ2) is 7.06. The predicted octanol–water partition coefficient (Wildman–Crippen LogP) is 2.47. The van der Waals surface area contributed by atoms with E-state index < -0.39 is 0 Å². The highest BCUT2D eigenvalue weighted by Gasteiger charge is 2.18.